The molecule has 0 aromatic heterocycles. The smallest absolute Gasteiger partial charge is 0.312 e. The third-order valence-corrected chi connectivity index (χ3v) is 9.34. The number of alkyl halides is 1. The lowest BCUT2D eigenvalue weighted by molar-refractivity contribution is -0.224. The molecule has 0 spiro atoms. The molecule has 3 aliphatic heterocycles. The molecule has 194 valence electrons. The molecule has 3 saturated heterocycles. The SMILES string of the molecule is C=C1[C@H]2O[C@H]2[C@H](OC(C)=O)[C@]2(C)[C@H]([C@@H](C)[C@@H](O)[C@@H]3O[C@@H]32)[C@H](OC(C)=O)[C@]2(O)[C@@H](C)C(=O)O[C@H]2[C@H]1Cl. The second-order valence-electron chi connectivity index (χ2n) is 10.8. The number of esters is 3. The zero-order chi connectivity index (χ0) is 25.8. The molecule has 3 heterocycles. The average molecular weight is 515 g/mol. The minimum atomic E-state index is -2.08. The van der Waals surface area contributed by atoms with Crippen LogP contribution in [0.4, 0.5) is 0 Å². The van der Waals surface area contributed by atoms with Crippen LogP contribution in [-0.4, -0.2) is 87.9 Å². The van der Waals surface area contributed by atoms with Crippen LogP contribution in [-0.2, 0) is 38.1 Å². The van der Waals surface area contributed by atoms with E-state index in [4.69, 9.17) is 35.3 Å². The summed E-state index contributed by atoms with van der Waals surface area (Å²) in [5, 5.41) is 22.2. The van der Waals surface area contributed by atoms with Crippen LogP contribution in [0.2, 0.25) is 0 Å². The molecule has 2 saturated carbocycles. The van der Waals surface area contributed by atoms with Crippen molar-refractivity contribution >= 4 is 29.5 Å². The molecule has 10 nitrogen and oxygen atoms in total. The summed E-state index contributed by atoms with van der Waals surface area (Å²) in [6, 6.07) is 0. The Morgan fingerprint density at radius 1 is 1.06 bits per heavy atom. The van der Waals surface area contributed by atoms with Crippen LogP contribution in [0.3, 0.4) is 0 Å². The van der Waals surface area contributed by atoms with Crippen molar-refractivity contribution in [1.29, 1.82) is 0 Å². The Kier molecular flexibility index (Phi) is 5.62. The van der Waals surface area contributed by atoms with E-state index in [9.17, 15) is 24.6 Å². The molecule has 5 rings (SSSR count). The lowest BCUT2D eigenvalue weighted by atomic mass is 9.53. The summed E-state index contributed by atoms with van der Waals surface area (Å²) in [6.45, 7) is 11.6. The molecular formula is C24H31ClO10. The fraction of sp³-hybridized carbons (Fsp3) is 0.792. The van der Waals surface area contributed by atoms with Crippen molar-refractivity contribution in [2.45, 2.75) is 94.4 Å². The van der Waals surface area contributed by atoms with Crippen molar-refractivity contribution in [3.8, 4) is 0 Å². The summed E-state index contributed by atoms with van der Waals surface area (Å²) in [4.78, 5) is 37.4. The van der Waals surface area contributed by atoms with Crippen molar-refractivity contribution in [2.75, 3.05) is 0 Å². The number of hydrogen-bond acceptors (Lipinski definition) is 10. The van der Waals surface area contributed by atoms with Crippen molar-refractivity contribution in [2.24, 2.45) is 23.2 Å². The van der Waals surface area contributed by atoms with E-state index in [0.717, 1.165) is 0 Å². The van der Waals surface area contributed by atoms with Crippen LogP contribution in [0.5, 0.6) is 0 Å². The Morgan fingerprint density at radius 2 is 1.66 bits per heavy atom. The van der Waals surface area contributed by atoms with Crippen molar-refractivity contribution in [1.82, 2.24) is 0 Å². The van der Waals surface area contributed by atoms with Crippen molar-refractivity contribution < 1.29 is 48.3 Å². The topological polar surface area (TPSA) is 144 Å². The highest BCUT2D eigenvalue weighted by Crippen LogP contribution is 2.63. The number of hydrogen-bond donors (Lipinski definition) is 2. The molecule has 5 aliphatic rings. The lowest BCUT2D eigenvalue weighted by Gasteiger charge is -2.54. The molecule has 0 bridgehead atoms. The highest BCUT2D eigenvalue weighted by molar-refractivity contribution is 6.23. The predicted octanol–water partition coefficient (Wildman–Crippen LogP) is 0.488. The zero-order valence-electron chi connectivity index (χ0n) is 20.2. The Balaban J connectivity index is 1.75. The number of carbonyl (C=O) groups excluding carboxylic acids is 3. The second-order valence-corrected chi connectivity index (χ2v) is 11.3. The molecule has 0 radical (unpaired) electrons. The third kappa shape index (κ3) is 3.33. The standard InChI is InChI=1S/C24H31ClO10/c1-7-12-18(31-10(4)26)24(30)9(3)22(29)35-19(24)13(25)8(2)15-17(33-15)21(32-11(5)27)23(12,6)20-16(34-20)14(7)28/h7,9,12-21,28,30H,2H2,1,3-6H3/t7-,9+,12-,13+,14-,15-,16+,17-,18+,19+,20+,21+,23-,24-/m1/s1. The Hall–Kier alpha value is -1.72. The number of aliphatic hydroxyl groups excluding tert-OH is 1. The fourth-order valence-electron chi connectivity index (χ4n) is 6.93. The van der Waals surface area contributed by atoms with Crippen LogP contribution >= 0.6 is 11.6 Å². The van der Waals surface area contributed by atoms with E-state index in [2.05, 4.69) is 6.58 Å². The number of carbonyl (C=O) groups is 3. The van der Waals surface area contributed by atoms with Crippen LogP contribution < -0.4 is 0 Å². The number of fused-ring (bicyclic) bond motifs is 5. The number of epoxide rings is 2. The third-order valence-electron chi connectivity index (χ3n) is 8.83. The quantitative estimate of drug-likeness (QED) is 0.175. The molecular weight excluding hydrogens is 484 g/mol. The van der Waals surface area contributed by atoms with Gasteiger partial charge < -0.3 is 33.9 Å². The molecule has 0 aromatic rings. The van der Waals surface area contributed by atoms with Crippen LogP contribution in [0.1, 0.15) is 34.6 Å². The van der Waals surface area contributed by atoms with E-state index in [1.807, 2.05) is 6.92 Å². The first-order chi connectivity index (χ1) is 16.3. The minimum Gasteiger partial charge on any atom is -0.459 e. The molecule has 2 aliphatic carbocycles. The van der Waals surface area contributed by atoms with E-state index in [1.165, 1.54) is 20.8 Å². The van der Waals surface area contributed by atoms with Crippen molar-refractivity contribution in [3.63, 3.8) is 0 Å². The maximum atomic E-state index is 12.8. The van der Waals surface area contributed by atoms with Crippen molar-refractivity contribution in [3.05, 3.63) is 12.2 Å². The first-order valence-electron chi connectivity index (χ1n) is 11.8. The molecule has 0 amide bonds. The molecule has 5 fully saturated rings. The van der Waals surface area contributed by atoms with Crippen LogP contribution in [0.25, 0.3) is 0 Å². The highest BCUT2D eigenvalue weighted by Gasteiger charge is 2.77. The lowest BCUT2D eigenvalue weighted by Crippen LogP contribution is -2.69. The van der Waals surface area contributed by atoms with Gasteiger partial charge in [-0.05, 0) is 18.4 Å². The largest absolute Gasteiger partial charge is 0.459 e. The predicted molar refractivity (Wildman–Crippen MR) is 118 cm³/mol. The number of ether oxygens (including phenoxy) is 5. The maximum absolute atomic E-state index is 12.8. The summed E-state index contributed by atoms with van der Waals surface area (Å²) in [7, 11) is 0. The normalized spacial score (nSPS) is 54.3. The minimum absolute atomic E-state index is 0.347. The van der Waals surface area contributed by atoms with Gasteiger partial charge in [-0.2, -0.15) is 0 Å². The van der Waals surface area contributed by atoms with E-state index in [-0.39, 0.29) is 0 Å². The second kappa shape index (κ2) is 7.89. The summed E-state index contributed by atoms with van der Waals surface area (Å²) in [5.74, 6) is -4.53. The van der Waals surface area contributed by atoms with Gasteiger partial charge >= 0.3 is 17.9 Å². The van der Waals surface area contributed by atoms with Crippen LogP contribution in [0.15, 0.2) is 12.2 Å². The van der Waals surface area contributed by atoms with Gasteiger partial charge in [-0.15, -0.1) is 11.6 Å². The summed E-state index contributed by atoms with van der Waals surface area (Å²) >= 11 is 6.74. The summed E-state index contributed by atoms with van der Waals surface area (Å²) in [5.41, 5.74) is -2.82. The highest BCUT2D eigenvalue weighted by atomic mass is 35.5. The maximum Gasteiger partial charge on any atom is 0.312 e. The van der Waals surface area contributed by atoms with E-state index in [0.29, 0.717) is 5.57 Å². The number of rotatable bonds is 2. The zero-order valence-corrected chi connectivity index (χ0v) is 20.9. The van der Waals surface area contributed by atoms with Gasteiger partial charge in [0.1, 0.15) is 30.5 Å². The van der Waals surface area contributed by atoms with E-state index >= 15 is 0 Å². The number of aliphatic hydroxyl groups is 2. The van der Waals surface area contributed by atoms with Gasteiger partial charge in [0, 0.05) is 25.2 Å². The monoisotopic (exact) mass is 514 g/mol. The Labute approximate surface area is 207 Å². The molecule has 2 N–H and O–H groups in total. The Bertz CT molecular complexity index is 985. The summed E-state index contributed by atoms with van der Waals surface area (Å²) in [6.07, 6.45) is -6.89. The van der Waals surface area contributed by atoms with Gasteiger partial charge in [-0.3, -0.25) is 14.4 Å². The first-order valence-corrected chi connectivity index (χ1v) is 12.3. The summed E-state index contributed by atoms with van der Waals surface area (Å²) < 4.78 is 29.0. The average Bonchev–Trinajstić information content (AvgIpc) is 3.69. The van der Waals surface area contributed by atoms with Crippen LogP contribution in [0, 0.1) is 23.2 Å². The fourth-order valence-corrected chi connectivity index (χ4v) is 7.31. The van der Waals surface area contributed by atoms with Gasteiger partial charge in [-0.25, -0.2) is 0 Å². The first kappa shape index (κ1) is 25.0. The van der Waals surface area contributed by atoms with Gasteiger partial charge in [0.05, 0.1) is 23.5 Å². The molecule has 0 unspecified atom stereocenters. The van der Waals surface area contributed by atoms with Gasteiger partial charge in [0.2, 0.25) is 0 Å². The molecule has 35 heavy (non-hydrogen) atoms. The van der Waals surface area contributed by atoms with Gasteiger partial charge in [0.25, 0.3) is 0 Å². The van der Waals surface area contributed by atoms with Gasteiger partial charge in [-0.1, -0.05) is 20.4 Å². The van der Waals surface area contributed by atoms with E-state index < -0.39 is 101 Å². The van der Waals surface area contributed by atoms with E-state index in [1.54, 1.807) is 6.92 Å². The number of halogens is 1. The molecule has 0 aromatic carbocycles. The van der Waals surface area contributed by atoms with Gasteiger partial charge in [0.15, 0.2) is 11.7 Å². The Morgan fingerprint density at radius 3 is 2.26 bits per heavy atom. The molecule has 11 heteroatoms. The molecule has 14 atom stereocenters.